The van der Waals surface area contributed by atoms with Crippen LogP contribution >= 0.6 is 0 Å². The zero-order valence-electron chi connectivity index (χ0n) is 17.4. The van der Waals surface area contributed by atoms with Crippen molar-refractivity contribution >= 4 is 35.1 Å². The number of amides is 2. The molecule has 3 rings (SSSR count). The second-order valence-electron chi connectivity index (χ2n) is 6.56. The summed E-state index contributed by atoms with van der Waals surface area (Å²) in [5.41, 5.74) is 1.65. The zero-order valence-corrected chi connectivity index (χ0v) is 17.4. The summed E-state index contributed by atoms with van der Waals surface area (Å²) in [6, 6.07) is 18.9. The van der Waals surface area contributed by atoms with Crippen LogP contribution in [0.4, 0.5) is 11.4 Å². The Morgan fingerprint density at radius 2 is 0.906 bits per heavy atom. The van der Waals surface area contributed by atoms with Gasteiger partial charge in [-0.2, -0.15) is 0 Å². The van der Waals surface area contributed by atoms with Gasteiger partial charge in [-0.15, -0.1) is 0 Å². The quantitative estimate of drug-likeness (QED) is 0.574. The Morgan fingerprint density at radius 1 is 0.562 bits per heavy atom. The lowest BCUT2D eigenvalue weighted by molar-refractivity contribution is 0.0592. The number of hydrogen-bond donors (Lipinski definition) is 2. The molecule has 32 heavy (non-hydrogen) atoms. The number of esters is 2. The number of anilines is 2. The van der Waals surface area contributed by atoms with Gasteiger partial charge < -0.3 is 20.1 Å². The predicted molar refractivity (Wildman–Crippen MR) is 118 cm³/mol. The second kappa shape index (κ2) is 10.0. The van der Waals surface area contributed by atoms with Crippen molar-refractivity contribution in [3.63, 3.8) is 0 Å². The van der Waals surface area contributed by atoms with E-state index in [1.54, 1.807) is 48.5 Å². The fourth-order valence-electron chi connectivity index (χ4n) is 2.92. The van der Waals surface area contributed by atoms with Gasteiger partial charge in [0.1, 0.15) is 0 Å². The molecule has 2 amide bonds. The lowest BCUT2D eigenvalue weighted by Crippen LogP contribution is -2.17. The smallest absolute Gasteiger partial charge is 0.339 e. The van der Waals surface area contributed by atoms with E-state index in [0.717, 1.165) is 0 Å². The minimum atomic E-state index is -0.569. The first-order chi connectivity index (χ1) is 15.4. The number of para-hydroxylation sites is 2. The Balaban J connectivity index is 1.73. The number of carbonyl (C=O) groups excluding carboxylic acids is 4. The molecule has 0 atom stereocenters. The molecule has 0 aliphatic carbocycles. The van der Waals surface area contributed by atoms with E-state index in [4.69, 9.17) is 9.47 Å². The number of nitrogens with one attached hydrogen (secondary N) is 2. The Bertz CT molecular complexity index is 1080. The van der Waals surface area contributed by atoms with Gasteiger partial charge in [-0.1, -0.05) is 24.3 Å². The standard InChI is InChI=1S/C24H20N2O6/c1-31-23(29)17-7-3-5-9-19(17)25-21(27)15-11-13-16(14-12-15)22(28)26-20-10-6-4-8-18(20)24(30)32-2/h3-14H,1-2H3,(H,25,27)(H,26,28). The summed E-state index contributed by atoms with van der Waals surface area (Å²) in [7, 11) is 2.52. The summed E-state index contributed by atoms with van der Waals surface area (Å²) in [6.07, 6.45) is 0. The largest absolute Gasteiger partial charge is 0.465 e. The molecular weight excluding hydrogens is 412 g/mol. The molecule has 162 valence electrons. The van der Waals surface area contributed by atoms with Crippen molar-refractivity contribution < 1.29 is 28.7 Å². The van der Waals surface area contributed by atoms with E-state index in [2.05, 4.69) is 10.6 Å². The van der Waals surface area contributed by atoms with E-state index in [1.165, 1.54) is 38.5 Å². The molecule has 0 radical (unpaired) electrons. The number of rotatable bonds is 6. The number of methoxy groups -OCH3 is 2. The van der Waals surface area contributed by atoms with E-state index in [0.29, 0.717) is 11.4 Å². The summed E-state index contributed by atoms with van der Waals surface area (Å²) < 4.78 is 9.44. The van der Waals surface area contributed by atoms with Crippen LogP contribution < -0.4 is 10.6 Å². The van der Waals surface area contributed by atoms with Crippen LogP contribution in [-0.4, -0.2) is 38.0 Å². The lowest BCUT2D eigenvalue weighted by Gasteiger charge is -2.11. The van der Waals surface area contributed by atoms with Crippen LogP contribution in [0, 0.1) is 0 Å². The average molecular weight is 432 g/mol. The monoisotopic (exact) mass is 432 g/mol. The van der Waals surface area contributed by atoms with Gasteiger partial charge in [-0.05, 0) is 48.5 Å². The molecule has 0 spiro atoms. The van der Waals surface area contributed by atoms with Crippen molar-refractivity contribution in [3.8, 4) is 0 Å². The van der Waals surface area contributed by atoms with Gasteiger partial charge in [0.05, 0.1) is 36.7 Å². The van der Waals surface area contributed by atoms with E-state index >= 15 is 0 Å². The van der Waals surface area contributed by atoms with Gasteiger partial charge in [0.2, 0.25) is 0 Å². The van der Waals surface area contributed by atoms with Crippen molar-refractivity contribution in [2.45, 2.75) is 0 Å². The summed E-state index contributed by atoms with van der Waals surface area (Å²) >= 11 is 0. The van der Waals surface area contributed by atoms with E-state index in [1.807, 2.05) is 0 Å². The van der Waals surface area contributed by atoms with Gasteiger partial charge >= 0.3 is 11.9 Å². The Morgan fingerprint density at radius 3 is 1.25 bits per heavy atom. The molecule has 3 aromatic rings. The molecule has 0 fully saturated rings. The lowest BCUT2D eigenvalue weighted by atomic mass is 10.1. The molecule has 0 aliphatic heterocycles. The number of ether oxygens (including phenoxy) is 2. The zero-order chi connectivity index (χ0) is 23.1. The third-order valence-electron chi connectivity index (χ3n) is 4.57. The van der Waals surface area contributed by atoms with E-state index in [-0.39, 0.29) is 22.3 Å². The van der Waals surface area contributed by atoms with Crippen LogP contribution in [0.3, 0.4) is 0 Å². The predicted octanol–water partition coefficient (Wildman–Crippen LogP) is 3.76. The van der Waals surface area contributed by atoms with E-state index < -0.39 is 23.8 Å². The third-order valence-corrected chi connectivity index (χ3v) is 4.57. The van der Waals surface area contributed by atoms with Crippen LogP contribution in [0.2, 0.25) is 0 Å². The summed E-state index contributed by atoms with van der Waals surface area (Å²) in [4.78, 5) is 48.9. The fraction of sp³-hybridized carbons (Fsp3) is 0.0833. The molecule has 0 unspecified atom stereocenters. The van der Waals surface area contributed by atoms with Crippen molar-refractivity contribution in [1.82, 2.24) is 0 Å². The number of benzene rings is 3. The summed E-state index contributed by atoms with van der Waals surface area (Å²) in [6.45, 7) is 0. The van der Waals surface area contributed by atoms with Crippen LogP contribution in [0.25, 0.3) is 0 Å². The van der Waals surface area contributed by atoms with Crippen molar-refractivity contribution in [3.05, 3.63) is 95.1 Å². The molecule has 8 nitrogen and oxygen atoms in total. The minimum Gasteiger partial charge on any atom is -0.465 e. The second-order valence-corrected chi connectivity index (χ2v) is 6.56. The van der Waals surface area contributed by atoms with Gasteiger partial charge in [0, 0.05) is 11.1 Å². The molecule has 2 N–H and O–H groups in total. The normalized spacial score (nSPS) is 10.1. The highest BCUT2D eigenvalue weighted by Crippen LogP contribution is 2.19. The first-order valence-corrected chi connectivity index (χ1v) is 9.52. The van der Waals surface area contributed by atoms with Crippen molar-refractivity contribution in [2.24, 2.45) is 0 Å². The first-order valence-electron chi connectivity index (χ1n) is 9.52. The molecule has 0 aromatic heterocycles. The summed E-state index contributed by atoms with van der Waals surface area (Å²) in [5, 5.41) is 5.33. The van der Waals surface area contributed by atoms with Gasteiger partial charge in [0.25, 0.3) is 11.8 Å². The van der Waals surface area contributed by atoms with Crippen LogP contribution in [0.1, 0.15) is 41.4 Å². The highest BCUT2D eigenvalue weighted by atomic mass is 16.5. The topological polar surface area (TPSA) is 111 Å². The number of carbonyl (C=O) groups is 4. The van der Waals surface area contributed by atoms with Crippen LogP contribution in [0.5, 0.6) is 0 Å². The fourth-order valence-corrected chi connectivity index (χ4v) is 2.92. The van der Waals surface area contributed by atoms with Crippen LogP contribution in [-0.2, 0) is 9.47 Å². The van der Waals surface area contributed by atoms with Gasteiger partial charge in [-0.25, -0.2) is 9.59 Å². The molecule has 3 aromatic carbocycles. The molecular formula is C24H20N2O6. The highest BCUT2D eigenvalue weighted by molar-refractivity contribution is 6.10. The third kappa shape index (κ3) is 4.99. The molecule has 0 saturated heterocycles. The Hall–Kier alpha value is -4.46. The maximum atomic E-state index is 12.6. The Labute approximate surface area is 184 Å². The maximum Gasteiger partial charge on any atom is 0.339 e. The minimum absolute atomic E-state index is 0.226. The highest BCUT2D eigenvalue weighted by Gasteiger charge is 2.16. The first kappa shape index (κ1) is 22.2. The molecule has 0 saturated carbocycles. The van der Waals surface area contributed by atoms with E-state index in [9.17, 15) is 19.2 Å². The van der Waals surface area contributed by atoms with Gasteiger partial charge in [0.15, 0.2) is 0 Å². The maximum absolute atomic E-state index is 12.6. The molecule has 0 heterocycles. The van der Waals surface area contributed by atoms with Crippen LogP contribution in [0.15, 0.2) is 72.8 Å². The summed E-state index contributed by atoms with van der Waals surface area (Å²) in [5.74, 6) is -2.05. The SMILES string of the molecule is COC(=O)c1ccccc1NC(=O)c1ccc(C(=O)Nc2ccccc2C(=O)OC)cc1. The van der Waals surface area contributed by atoms with Crippen molar-refractivity contribution in [2.75, 3.05) is 24.9 Å². The Kier molecular flexibility index (Phi) is 6.97. The molecule has 0 bridgehead atoms. The molecule has 0 aliphatic rings. The average Bonchev–Trinajstić information content (AvgIpc) is 2.83. The van der Waals surface area contributed by atoms with Gasteiger partial charge in [-0.3, -0.25) is 9.59 Å². The molecule has 8 heteroatoms. The number of hydrogen-bond acceptors (Lipinski definition) is 6. The van der Waals surface area contributed by atoms with Crippen molar-refractivity contribution in [1.29, 1.82) is 0 Å².